The van der Waals surface area contributed by atoms with E-state index in [0.717, 1.165) is 22.3 Å². The highest BCUT2D eigenvalue weighted by atomic mass is 35.5. The van der Waals surface area contributed by atoms with Crippen molar-refractivity contribution in [3.63, 3.8) is 0 Å². The third-order valence-corrected chi connectivity index (χ3v) is 5.96. The average molecular weight is 459 g/mol. The van der Waals surface area contributed by atoms with Gasteiger partial charge in [0.05, 0.1) is 16.3 Å². The van der Waals surface area contributed by atoms with Crippen LogP contribution in [0, 0.1) is 0 Å². The van der Waals surface area contributed by atoms with Crippen molar-refractivity contribution in [1.29, 1.82) is 0 Å². The van der Waals surface area contributed by atoms with Crippen molar-refractivity contribution in [3.05, 3.63) is 53.2 Å². The van der Waals surface area contributed by atoms with Crippen molar-refractivity contribution in [2.75, 3.05) is 5.75 Å². The van der Waals surface area contributed by atoms with Gasteiger partial charge in [0.25, 0.3) is 5.91 Å². The number of halogens is 1. The molecule has 1 unspecified atom stereocenters. The number of H-pyrrole nitrogens is 1. The Morgan fingerprint density at radius 1 is 1.29 bits per heavy atom. The van der Waals surface area contributed by atoms with Gasteiger partial charge in [-0.1, -0.05) is 53.7 Å². The molecule has 1 aliphatic rings. The lowest BCUT2D eigenvalue weighted by molar-refractivity contribution is -0.138. The Morgan fingerprint density at radius 2 is 2.06 bits per heavy atom. The fraction of sp³-hybridized carbons (Fsp3) is 0.250. The molecule has 0 aliphatic carbocycles. The molecule has 3 aromatic rings. The molecule has 1 fully saturated rings. The molecule has 11 heteroatoms. The van der Waals surface area contributed by atoms with Crippen LogP contribution >= 0.6 is 23.4 Å². The SMILES string of the molecule is CC1(CCc2ccccc2)NC(=O)N(NC(=O)CSc2nc3ncc(Cl)cc3[nH]2)C1=O. The Bertz CT molecular complexity index is 1150. The topological polar surface area (TPSA) is 120 Å². The quantitative estimate of drug-likeness (QED) is 0.370. The molecule has 1 aliphatic heterocycles. The van der Waals surface area contributed by atoms with Gasteiger partial charge in [0.15, 0.2) is 10.8 Å². The maximum absolute atomic E-state index is 12.8. The maximum Gasteiger partial charge on any atom is 0.344 e. The number of amides is 4. The molecule has 1 saturated heterocycles. The number of carbonyl (C=O) groups is 3. The van der Waals surface area contributed by atoms with Crippen LogP contribution in [0.4, 0.5) is 4.79 Å². The van der Waals surface area contributed by atoms with E-state index in [4.69, 9.17) is 11.6 Å². The van der Waals surface area contributed by atoms with Crippen LogP contribution in [-0.4, -0.2) is 49.1 Å². The van der Waals surface area contributed by atoms with Crippen molar-refractivity contribution in [2.24, 2.45) is 0 Å². The number of imidazole rings is 1. The first-order valence-corrected chi connectivity index (χ1v) is 10.8. The number of benzene rings is 1. The third kappa shape index (κ3) is 4.64. The highest BCUT2D eigenvalue weighted by Gasteiger charge is 2.48. The molecule has 0 bridgehead atoms. The van der Waals surface area contributed by atoms with Gasteiger partial charge in [-0.05, 0) is 31.4 Å². The fourth-order valence-electron chi connectivity index (χ4n) is 3.21. The second-order valence-corrected chi connectivity index (χ2v) is 8.68. The van der Waals surface area contributed by atoms with Crippen LogP contribution in [0.5, 0.6) is 0 Å². The molecule has 3 heterocycles. The number of nitrogens with zero attached hydrogens (tertiary/aromatic N) is 3. The number of aromatic amines is 1. The zero-order valence-electron chi connectivity index (χ0n) is 16.5. The summed E-state index contributed by atoms with van der Waals surface area (Å²) in [6.45, 7) is 1.66. The van der Waals surface area contributed by atoms with E-state index < -0.39 is 23.4 Å². The number of fused-ring (bicyclic) bond motifs is 1. The van der Waals surface area contributed by atoms with Crippen LogP contribution in [0.15, 0.2) is 47.8 Å². The molecule has 0 saturated carbocycles. The first-order valence-electron chi connectivity index (χ1n) is 9.48. The summed E-state index contributed by atoms with van der Waals surface area (Å²) < 4.78 is 0. The lowest BCUT2D eigenvalue weighted by Crippen LogP contribution is -2.49. The van der Waals surface area contributed by atoms with Gasteiger partial charge in [-0.3, -0.25) is 15.0 Å². The van der Waals surface area contributed by atoms with E-state index in [1.165, 1.54) is 6.20 Å². The number of imide groups is 1. The number of hydrogen-bond donors (Lipinski definition) is 3. The van der Waals surface area contributed by atoms with Crippen molar-refractivity contribution in [2.45, 2.75) is 30.5 Å². The molecule has 160 valence electrons. The van der Waals surface area contributed by atoms with E-state index in [1.807, 2.05) is 30.3 Å². The Labute approximate surface area is 186 Å². The molecule has 2 aromatic heterocycles. The number of hydrogen-bond acceptors (Lipinski definition) is 6. The van der Waals surface area contributed by atoms with Gasteiger partial charge in [0, 0.05) is 6.20 Å². The molecule has 4 amide bonds. The summed E-state index contributed by atoms with van der Waals surface area (Å²) in [5, 5.41) is 4.37. The lowest BCUT2D eigenvalue weighted by Gasteiger charge is -2.21. The van der Waals surface area contributed by atoms with Crippen LogP contribution in [0.25, 0.3) is 11.2 Å². The van der Waals surface area contributed by atoms with Gasteiger partial charge in [-0.25, -0.2) is 14.8 Å². The van der Waals surface area contributed by atoms with Gasteiger partial charge >= 0.3 is 6.03 Å². The van der Waals surface area contributed by atoms with E-state index in [2.05, 4.69) is 25.7 Å². The standard InChI is InChI=1S/C20H19ClN6O3S/c1-20(8-7-12-5-3-2-4-6-12)17(29)27(19(30)25-20)26-15(28)11-31-18-23-14-9-13(21)10-22-16(14)24-18/h2-6,9-10H,7-8,11H2,1H3,(H,25,30)(H,26,28)(H,22,23,24). The molecular weight excluding hydrogens is 440 g/mol. The van der Waals surface area contributed by atoms with Crippen LogP contribution in [0.1, 0.15) is 18.9 Å². The maximum atomic E-state index is 12.8. The van der Waals surface area contributed by atoms with Crippen molar-refractivity contribution >= 4 is 52.4 Å². The predicted octanol–water partition coefficient (Wildman–Crippen LogP) is 2.68. The number of aromatic nitrogens is 3. The van der Waals surface area contributed by atoms with Gasteiger partial charge < -0.3 is 10.3 Å². The zero-order valence-corrected chi connectivity index (χ0v) is 18.1. The van der Waals surface area contributed by atoms with Gasteiger partial charge in [0.2, 0.25) is 5.91 Å². The van der Waals surface area contributed by atoms with E-state index in [1.54, 1.807) is 13.0 Å². The lowest BCUT2D eigenvalue weighted by atomic mass is 9.93. The molecule has 0 spiro atoms. The summed E-state index contributed by atoms with van der Waals surface area (Å²) in [7, 11) is 0. The number of rotatable bonds is 7. The Morgan fingerprint density at radius 3 is 2.84 bits per heavy atom. The smallest absolute Gasteiger partial charge is 0.331 e. The Hall–Kier alpha value is -3.11. The predicted molar refractivity (Wildman–Crippen MR) is 116 cm³/mol. The molecule has 1 atom stereocenters. The molecule has 1 aromatic carbocycles. The normalized spacial score (nSPS) is 18.5. The molecule has 0 radical (unpaired) electrons. The number of pyridine rings is 1. The summed E-state index contributed by atoms with van der Waals surface area (Å²) in [6, 6.07) is 10.7. The summed E-state index contributed by atoms with van der Waals surface area (Å²) in [6.07, 6.45) is 2.51. The number of hydrazine groups is 1. The number of urea groups is 1. The van der Waals surface area contributed by atoms with Crippen molar-refractivity contribution in [1.82, 2.24) is 30.7 Å². The highest BCUT2D eigenvalue weighted by Crippen LogP contribution is 2.23. The van der Waals surface area contributed by atoms with Crippen LogP contribution in [0.3, 0.4) is 0 Å². The summed E-state index contributed by atoms with van der Waals surface area (Å²) >= 11 is 7.02. The molecule has 4 rings (SSSR count). The minimum atomic E-state index is -1.09. The van der Waals surface area contributed by atoms with E-state index in [-0.39, 0.29) is 5.75 Å². The highest BCUT2D eigenvalue weighted by molar-refractivity contribution is 7.99. The van der Waals surface area contributed by atoms with E-state index >= 15 is 0 Å². The largest absolute Gasteiger partial charge is 0.344 e. The molecule has 9 nitrogen and oxygen atoms in total. The summed E-state index contributed by atoms with van der Waals surface area (Å²) in [4.78, 5) is 48.8. The first-order chi connectivity index (χ1) is 14.8. The Kier molecular flexibility index (Phi) is 5.84. The summed E-state index contributed by atoms with van der Waals surface area (Å²) in [5.41, 5.74) is 3.49. The van der Waals surface area contributed by atoms with Gasteiger partial charge in [0.1, 0.15) is 5.54 Å². The third-order valence-electron chi connectivity index (χ3n) is 4.88. The summed E-state index contributed by atoms with van der Waals surface area (Å²) in [5.74, 6) is -1.05. The second-order valence-electron chi connectivity index (χ2n) is 7.28. The first kappa shape index (κ1) is 21.1. The number of aryl methyl sites for hydroxylation is 1. The molecule has 31 heavy (non-hydrogen) atoms. The number of nitrogens with one attached hydrogen (secondary N) is 3. The minimum Gasteiger partial charge on any atom is -0.331 e. The van der Waals surface area contributed by atoms with Crippen LogP contribution in [-0.2, 0) is 16.0 Å². The van der Waals surface area contributed by atoms with Crippen molar-refractivity contribution < 1.29 is 14.4 Å². The van der Waals surface area contributed by atoms with E-state index in [0.29, 0.717) is 34.2 Å². The van der Waals surface area contributed by atoms with Crippen molar-refractivity contribution in [3.8, 4) is 0 Å². The fourth-order valence-corrected chi connectivity index (χ4v) is 4.03. The van der Waals surface area contributed by atoms with Crippen LogP contribution in [0.2, 0.25) is 5.02 Å². The van der Waals surface area contributed by atoms with Gasteiger partial charge in [-0.2, -0.15) is 5.01 Å². The van der Waals surface area contributed by atoms with E-state index in [9.17, 15) is 14.4 Å². The monoisotopic (exact) mass is 458 g/mol. The average Bonchev–Trinajstić information content (AvgIpc) is 3.25. The molecular formula is C20H19ClN6O3S. The van der Waals surface area contributed by atoms with Crippen LogP contribution < -0.4 is 10.7 Å². The molecule has 3 N–H and O–H groups in total. The number of carbonyl (C=O) groups excluding carboxylic acids is 3. The zero-order chi connectivity index (χ0) is 22.0. The second kappa shape index (κ2) is 8.56. The Balaban J connectivity index is 1.33. The van der Waals surface area contributed by atoms with Gasteiger partial charge in [-0.15, -0.1) is 0 Å². The minimum absolute atomic E-state index is 0.0503. The number of thioether (sulfide) groups is 1.